The molecule has 0 bridgehead atoms. The van der Waals surface area contributed by atoms with Gasteiger partial charge in [-0.1, -0.05) is 0 Å². The van der Waals surface area contributed by atoms with Gasteiger partial charge in [-0.05, 0) is 52.3 Å². The monoisotopic (exact) mass is 300 g/mol. The van der Waals surface area contributed by atoms with E-state index in [1.54, 1.807) is 21.3 Å². The average Bonchev–Trinajstić information content (AvgIpc) is 2.89. The first-order valence-corrected chi connectivity index (χ1v) is 8.59. The van der Waals surface area contributed by atoms with Crippen LogP contribution in [0.15, 0.2) is 17.3 Å². The lowest BCUT2D eigenvalue weighted by molar-refractivity contribution is 0.261. The van der Waals surface area contributed by atoms with Crippen LogP contribution in [-0.4, -0.2) is 49.2 Å². The van der Waals surface area contributed by atoms with Crippen molar-refractivity contribution in [1.82, 2.24) is 19.4 Å². The third-order valence-electron chi connectivity index (χ3n) is 3.70. The molecule has 20 heavy (non-hydrogen) atoms. The van der Waals surface area contributed by atoms with Crippen LogP contribution in [0.1, 0.15) is 32.7 Å². The first-order chi connectivity index (χ1) is 9.46. The van der Waals surface area contributed by atoms with E-state index in [0.717, 1.165) is 19.4 Å². The first kappa shape index (κ1) is 15.5. The van der Waals surface area contributed by atoms with Gasteiger partial charge < -0.3 is 5.32 Å². The number of nitrogens with one attached hydrogen (secondary N) is 1. The second-order valence-corrected chi connectivity index (χ2v) is 7.52. The van der Waals surface area contributed by atoms with E-state index in [9.17, 15) is 8.42 Å². The Bertz CT molecular complexity index is 536. The van der Waals surface area contributed by atoms with Gasteiger partial charge in [0.1, 0.15) is 0 Å². The Morgan fingerprint density at radius 1 is 1.50 bits per heavy atom. The van der Waals surface area contributed by atoms with Crippen molar-refractivity contribution in [3.8, 4) is 0 Å². The fourth-order valence-corrected chi connectivity index (χ4v) is 4.50. The van der Waals surface area contributed by atoms with Crippen LogP contribution in [0.4, 0.5) is 0 Å². The van der Waals surface area contributed by atoms with E-state index >= 15 is 0 Å². The lowest BCUT2D eigenvalue weighted by Crippen LogP contribution is -2.43. The van der Waals surface area contributed by atoms with Gasteiger partial charge in [0.15, 0.2) is 5.03 Å². The largest absolute Gasteiger partial charge is 0.319 e. The molecule has 1 aliphatic rings. The molecule has 114 valence electrons. The fraction of sp³-hybridized carbons (Fsp3) is 0.769. The number of piperidine rings is 1. The molecule has 1 aliphatic heterocycles. The van der Waals surface area contributed by atoms with Crippen molar-refractivity contribution in [2.24, 2.45) is 5.92 Å². The van der Waals surface area contributed by atoms with Crippen molar-refractivity contribution in [3.05, 3.63) is 12.3 Å². The summed E-state index contributed by atoms with van der Waals surface area (Å²) in [5.74, 6) is 0.388. The Kier molecular flexibility index (Phi) is 4.82. The summed E-state index contributed by atoms with van der Waals surface area (Å²) in [6.07, 6.45) is 3.56. The normalized spacial score (nSPS) is 21.5. The van der Waals surface area contributed by atoms with E-state index in [1.807, 2.05) is 20.9 Å². The third kappa shape index (κ3) is 3.05. The molecule has 2 heterocycles. The average molecular weight is 300 g/mol. The molecule has 0 radical (unpaired) electrons. The molecule has 0 unspecified atom stereocenters. The lowest BCUT2D eigenvalue weighted by Gasteiger charge is -2.32. The Hall–Kier alpha value is -0.920. The molecule has 1 aromatic rings. The Balaban J connectivity index is 2.23. The highest BCUT2D eigenvalue weighted by atomic mass is 32.2. The minimum Gasteiger partial charge on any atom is -0.319 e. The second kappa shape index (κ2) is 6.24. The zero-order valence-corrected chi connectivity index (χ0v) is 13.2. The smallest absolute Gasteiger partial charge is 0.260 e. The van der Waals surface area contributed by atoms with Gasteiger partial charge in [-0.25, -0.2) is 8.42 Å². The van der Waals surface area contributed by atoms with Gasteiger partial charge >= 0.3 is 0 Å². The third-order valence-corrected chi connectivity index (χ3v) is 5.57. The summed E-state index contributed by atoms with van der Waals surface area (Å²) in [7, 11) is -1.54. The number of aromatic nitrogens is 2. The molecule has 1 atom stereocenters. The standard InChI is InChI=1S/C13H24N4O2S/c1-11(2)17-13(6-7-15-17)20(18,19)16-8-4-5-12(10-16)9-14-3/h6-7,11-12,14H,4-5,8-10H2,1-3H3/t12-/m0/s1. The maximum absolute atomic E-state index is 12.8. The molecule has 1 aromatic heterocycles. The molecule has 0 aliphatic carbocycles. The second-order valence-electron chi connectivity index (χ2n) is 5.64. The van der Waals surface area contributed by atoms with Gasteiger partial charge in [0.2, 0.25) is 0 Å². The summed E-state index contributed by atoms with van der Waals surface area (Å²) in [6, 6.07) is 1.63. The van der Waals surface area contributed by atoms with Gasteiger partial charge in [-0.3, -0.25) is 4.68 Å². The van der Waals surface area contributed by atoms with Crippen molar-refractivity contribution in [2.75, 3.05) is 26.7 Å². The van der Waals surface area contributed by atoms with Crippen LogP contribution in [0.3, 0.4) is 0 Å². The summed E-state index contributed by atoms with van der Waals surface area (Å²) in [4.78, 5) is 0. The summed E-state index contributed by atoms with van der Waals surface area (Å²) in [6.45, 7) is 5.92. The highest BCUT2D eigenvalue weighted by Gasteiger charge is 2.32. The van der Waals surface area contributed by atoms with E-state index in [2.05, 4.69) is 10.4 Å². The highest BCUT2D eigenvalue weighted by Crippen LogP contribution is 2.24. The van der Waals surface area contributed by atoms with Crippen LogP contribution in [0.2, 0.25) is 0 Å². The van der Waals surface area contributed by atoms with Crippen LogP contribution in [0, 0.1) is 5.92 Å². The van der Waals surface area contributed by atoms with Crippen LogP contribution in [0.5, 0.6) is 0 Å². The molecular weight excluding hydrogens is 276 g/mol. The molecule has 1 saturated heterocycles. The van der Waals surface area contributed by atoms with Gasteiger partial charge in [-0.15, -0.1) is 0 Å². The van der Waals surface area contributed by atoms with Gasteiger partial charge in [-0.2, -0.15) is 9.40 Å². The fourth-order valence-electron chi connectivity index (χ4n) is 2.73. The Labute approximate surface area is 121 Å². The molecular formula is C13H24N4O2S. The zero-order valence-electron chi connectivity index (χ0n) is 12.4. The number of rotatable bonds is 5. The molecule has 2 rings (SSSR count). The van der Waals surface area contributed by atoms with E-state index in [-0.39, 0.29) is 6.04 Å². The number of nitrogens with zero attached hydrogens (tertiary/aromatic N) is 3. The van der Waals surface area contributed by atoms with Gasteiger partial charge in [0, 0.05) is 19.1 Å². The molecule has 6 nitrogen and oxygen atoms in total. The van der Waals surface area contributed by atoms with E-state index in [0.29, 0.717) is 24.0 Å². The van der Waals surface area contributed by atoms with Crippen molar-refractivity contribution in [2.45, 2.75) is 37.8 Å². The minimum atomic E-state index is -3.44. The van der Waals surface area contributed by atoms with Crippen LogP contribution < -0.4 is 5.32 Å². The SMILES string of the molecule is CNC[C@@H]1CCCN(S(=O)(=O)c2ccnn2C(C)C)C1. The maximum Gasteiger partial charge on any atom is 0.260 e. The quantitative estimate of drug-likeness (QED) is 0.884. The van der Waals surface area contributed by atoms with Gasteiger partial charge in [0.05, 0.1) is 6.20 Å². The lowest BCUT2D eigenvalue weighted by atomic mass is 10.00. The van der Waals surface area contributed by atoms with Crippen LogP contribution in [-0.2, 0) is 10.0 Å². The summed E-state index contributed by atoms with van der Waals surface area (Å²) >= 11 is 0. The van der Waals surface area contributed by atoms with Crippen molar-refractivity contribution >= 4 is 10.0 Å². The molecule has 7 heteroatoms. The van der Waals surface area contributed by atoms with E-state index < -0.39 is 10.0 Å². The van der Waals surface area contributed by atoms with E-state index in [4.69, 9.17) is 0 Å². The predicted molar refractivity (Wildman–Crippen MR) is 78.0 cm³/mol. The highest BCUT2D eigenvalue weighted by molar-refractivity contribution is 7.89. The molecule has 0 aromatic carbocycles. The summed E-state index contributed by atoms with van der Waals surface area (Å²) in [5.41, 5.74) is 0. The Morgan fingerprint density at radius 2 is 2.25 bits per heavy atom. The summed E-state index contributed by atoms with van der Waals surface area (Å²) < 4.78 is 28.7. The summed E-state index contributed by atoms with van der Waals surface area (Å²) in [5, 5.41) is 7.57. The van der Waals surface area contributed by atoms with Crippen molar-refractivity contribution < 1.29 is 8.42 Å². The molecule has 0 amide bonds. The van der Waals surface area contributed by atoms with Crippen molar-refractivity contribution in [1.29, 1.82) is 0 Å². The predicted octanol–water partition coefficient (Wildman–Crippen LogP) is 1.08. The first-order valence-electron chi connectivity index (χ1n) is 7.15. The number of sulfonamides is 1. The molecule has 1 N–H and O–H groups in total. The number of hydrogen-bond acceptors (Lipinski definition) is 4. The van der Waals surface area contributed by atoms with Gasteiger partial charge in [0.25, 0.3) is 10.0 Å². The van der Waals surface area contributed by atoms with Crippen molar-refractivity contribution in [3.63, 3.8) is 0 Å². The van der Waals surface area contributed by atoms with Crippen LogP contribution >= 0.6 is 0 Å². The Morgan fingerprint density at radius 3 is 2.90 bits per heavy atom. The molecule has 0 saturated carbocycles. The molecule has 0 spiro atoms. The maximum atomic E-state index is 12.8. The molecule has 1 fully saturated rings. The van der Waals surface area contributed by atoms with E-state index in [1.165, 1.54) is 0 Å². The topological polar surface area (TPSA) is 67.2 Å². The van der Waals surface area contributed by atoms with Crippen LogP contribution in [0.25, 0.3) is 0 Å². The minimum absolute atomic E-state index is 0.0349. The number of hydrogen-bond donors (Lipinski definition) is 1. The zero-order chi connectivity index (χ0) is 14.8.